The molecule has 18 heavy (non-hydrogen) atoms. The molecule has 2 rings (SSSR count). The zero-order chi connectivity index (χ0) is 11.7. The summed E-state index contributed by atoms with van der Waals surface area (Å²) >= 11 is 0. The van der Waals surface area contributed by atoms with Crippen molar-refractivity contribution in [2.45, 2.75) is 79.6 Å². The summed E-state index contributed by atoms with van der Waals surface area (Å²) in [4.78, 5) is 0. The Morgan fingerprint density at radius 1 is 0.611 bits per heavy atom. The van der Waals surface area contributed by atoms with Gasteiger partial charge in [0, 0.05) is 0 Å². The third-order valence-corrected chi connectivity index (χ3v) is 3.93. The van der Waals surface area contributed by atoms with E-state index in [2.05, 4.69) is 20.8 Å². The largest absolute Gasteiger partial charge is 2.00 e. The van der Waals surface area contributed by atoms with Crippen molar-refractivity contribution in [1.29, 1.82) is 0 Å². The summed E-state index contributed by atoms with van der Waals surface area (Å²) in [5.74, 6) is 3.07. The van der Waals surface area contributed by atoms with Crippen LogP contribution in [0.25, 0.3) is 0 Å². The van der Waals surface area contributed by atoms with E-state index in [-0.39, 0.29) is 31.9 Å². The molecular formula is C17H38Fe. The Morgan fingerprint density at radius 2 is 0.944 bits per heavy atom. The van der Waals surface area contributed by atoms with Crippen molar-refractivity contribution >= 4 is 0 Å². The predicted octanol–water partition coefficient (Wildman–Crippen LogP) is 6.56. The molecule has 0 bridgehead atoms. The van der Waals surface area contributed by atoms with Crippen LogP contribution in [-0.2, 0) is 17.1 Å². The van der Waals surface area contributed by atoms with Gasteiger partial charge in [0.05, 0.1) is 0 Å². The van der Waals surface area contributed by atoms with Gasteiger partial charge in [0.2, 0.25) is 0 Å². The number of hydrogen-bond donors (Lipinski definition) is 0. The van der Waals surface area contributed by atoms with Gasteiger partial charge in [-0.25, -0.2) is 0 Å². The van der Waals surface area contributed by atoms with Crippen LogP contribution in [0.4, 0.5) is 0 Å². The van der Waals surface area contributed by atoms with Crippen molar-refractivity contribution < 1.29 is 17.1 Å². The fraction of sp³-hybridized carbons (Fsp3) is 0.882. The van der Waals surface area contributed by atoms with Gasteiger partial charge in [-0.1, -0.05) is 79.6 Å². The van der Waals surface area contributed by atoms with Gasteiger partial charge in [0.1, 0.15) is 0 Å². The molecule has 2 atom stereocenters. The van der Waals surface area contributed by atoms with E-state index in [4.69, 9.17) is 0 Å². The molecule has 0 aromatic heterocycles. The standard InChI is InChI=1S/C7H14.C6H12.C2H6.2CH3.Fe/c1-6-4-3-5-7(6)2;1-6-4-2-3-5-6;1-2;;;/h6-7H,3-5H2,1-2H3;6H,2-5H2,1H3;1-2H3;2*1H3;/q;;;2*-1;+2. The Labute approximate surface area is 129 Å². The molecule has 0 aromatic rings. The van der Waals surface area contributed by atoms with Gasteiger partial charge in [-0.05, 0) is 17.8 Å². The molecule has 0 aromatic carbocycles. The average molecular weight is 298 g/mol. The summed E-state index contributed by atoms with van der Waals surface area (Å²) in [6, 6.07) is 0. The first kappa shape index (κ1) is 27.0. The van der Waals surface area contributed by atoms with Gasteiger partial charge in [0.25, 0.3) is 0 Å². The average Bonchev–Trinajstić information content (AvgIpc) is 2.84. The summed E-state index contributed by atoms with van der Waals surface area (Å²) in [7, 11) is 0. The molecule has 0 nitrogen and oxygen atoms in total. The van der Waals surface area contributed by atoms with E-state index in [1.54, 1.807) is 0 Å². The van der Waals surface area contributed by atoms with Crippen LogP contribution >= 0.6 is 0 Å². The zero-order valence-electron chi connectivity index (χ0n) is 14.0. The van der Waals surface area contributed by atoms with Crippen LogP contribution in [0.2, 0.25) is 0 Å². The van der Waals surface area contributed by atoms with Crippen molar-refractivity contribution in [2.75, 3.05) is 0 Å². The van der Waals surface area contributed by atoms with E-state index in [1.165, 1.54) is 44.9 Å². The van der Waals surface area contributed by atoms with E-state index in [1.807, 2.05) is 13.8 Å². The quantitative estimate of drug-likeness (QED) is 0.351. The summed E-state index contributed by atoms with van der Waals surface area (Å²) in [6.07, 6.45) is 10.4. The van der Waals surface area contributed by atoms with Gasteiger partial charge >= 0.3 is 17.1 Å². The minimum atomic E-state index is 0. The first-order chi connectivity index (χ1) is 7.20. The summed E-state index contributed by atoms with van der Waals surface area (Å²) < 4.78 is 0. The van der Waals surface area contributed by atoms with Crippen LogP contribution in [-0.4, -0.2) is 0 Å². The molecule has 2 fully saturated rings. The van der Waals surface area contributed by atoms with E-state index in [0.29, 0.717) is 0 Å². The Balaban J connectivity index is -0.0000000839. The molecule has 0 saturated heterocycles. The van der Waals surface area contributed by atoms with Crippen LogP contribution < -0.4 is 0 Å². The van der Waals surface area contributed by atoms with Crippen molar-refractivity contribution in [3.05, 3.63) is 14.9 Å². The Kier molecular flexibility index (Phi) is 26.2. The number of rotatable bonds is 0. The monoisotopic (exact) mass is 298 g/mol. The van der Waals surface area contributed by atoms with E-state index in [0.717, 1.165) is 17.8 Å². The molecule has 1 heteroatoms. The molecule has 0 spiro atoms. The third-order valence-electron chi connectivity index (χ3n) is 3.93. The van der Waals surface area contributed by atoms with Crippen LogP contribution in [0.5, 0.6) is 0 Å². The Bertz CT molecular complexity index is 120. The van der Waals surface area contributed by atoms with Crippen LogP contribution in [0.15, 0.2) is 0 Å². The Hall–Kier alpha value is 0.519. The van der Waals surface area contributed by atoms with E-state index in [9.17, 15) is 0 Å². The maximum Gasteiger partial charge on any atom is 2.00 e. The number of hydrogen-bond acceptors (Lipinski definition) is 0. The van der Waals surface area contributed by atoms with Crippen molar-refractivity contribution in [3.63, 3.8) is 0 Å². The maximum atomic E-state index is 2.36. The molecule has 2 saturated carbocycles. The third kappa shape index (κ3) is 13.0. The van der Waals surface area contributed by atoms with Gasteiger partial charge in [0.15, 0.2) is 0 Å². The molecule has 0 heterocycles. The van der Waals surface area contributed by atoms with Crippen LogP contribution in [0, 0.1) is 32.6 Å². The Morgan fingerprint density at radius 3 is 1.06 bits per heavy atom. The molecule has 2 aliphatic rings. The smallest absolute Gasteiger partial charge is 0.358 e. The normalized spacial score (nSPS) is 25.2. The second kappa shape index (κ2) is 17.5. The minimum Gasteiger partial charge on any atom is -0.358 e. The van der Waals surface area contributed by atoms with Crippen LogP contribution in [0.1, 0.15) is 79.6 Å². The SMILES string of the molecule is CC.CC1CCCC1.CC1CCCC1C.[CH3-].[CH3-].[Fe+2]. The van der Waals surface area contributed by atoms with E-state index < -0.39 is 0 Å². The predicted molar refractivity (Wildman–Crippen MR) is 84.0 cm³/mol. The van der Waals surface area contributed by atoms with E-state index >= 15 is 0 Å². The summed E-state index contributed by atoms with van der Waals surface area (Å²) in [5, 5.41) is 0. The minimum absolute atomic E-state index is 0. The van der Waals surface area contributed by atoms with Crippen LogP contribution in [0.3, 0.4) is 0 Å². The van der Waals surface area contributed by atoms with Crippen molar-refractivity contribution in [1.82, 2.24) is 0 Å². The topological polar surface area (TPSA) is 0 Å². The fourth-order valence-corrected chi connectivity index (χ4v) is 2.46. The first-order valence-electron chi connectivity index (χ1n) is 7.20. The first-order valence-corrected chi connectivity index (χ1v) is 7.20. The van der Waals surface area contributed by atoms with Gasteiger partial charge in [-0.2, -0.15) is 0 Å². The van der Waals surface area contributed by atoms with Crippen molar-refractivity contribution in [3.8, 4) is 0 Å². The van der Waals surface area contributed by atoms with Gasteiger partial charge in [-0.3, -0.25) is 0 Å². The van der Waals surface area contributed by atoms with Gasteiger partial charge in [-0.15, -0.1) is 0 Å². The summed E-state index contributed by atoms with van der Waals surface area (Å²) in [5.41, 5.74) is 0. The molecular weight excluding hydrogens is 260 g/mol. The zero-order valence-corrected chi connectivity index (χ0v) is 15.1. The maximum absolute atomic E-state index is 2.36. The molecule has 114 valence electrons. The second-order valence-corrected chi connectivity index (χ2v) is 5.28. The molecule has 0 aliphatic heterocycles. The molecule has 2 aliphatic carbocycles. The fourth-order valence-electron chi connectivity index (χ4n) is 2.46. The second-order valence-electron chi connectivity index (χ2n) is 5.28. The molecule has 0 N–H and O–H groups in total. The summed E-state index contributed by atoms with van der Waals surface area (Å²) in [6.45, 7) is 11.1. The van der Waals surface area contributed by atoms with Gasteiger partial charge < -0.3 is 14.9 Å². The molecule has 2 unspecified atom stereocenters. The molecule has 0 amide bonds. The molecule has 0 radical (unpaired) electrons. The van der Waals surface area contributed by atoms with Crippen molar-refractivity contribution in [2.24, 2.45) is 17.8 Å².